The molecule has 2 rings (SSSR count). The number of ether oxygens (including phenoxy) is 1. The van der Waals surface area contributed by atoms with Gasteiger partial charge in [-0.15, -0.1) is 0 Å². The summed E-state index contributed by atoms with van der Waals surface area (Å²) in [5, 5.41) is 0. The van der Waals surface area contributed by atoms with Crippen molar-refractivity contribution in [1.82, 2.24) is 0 Å². The second-order valence-electron chi connectivity index (χ2n) is 5.15. The van der Waals surface area contributed by atoms with Crippen molar-refractivity contribution in [2.45, 2.75) is 52.2 Å². The molecule has 3 atom stereocenters. The minimum absolute atomic E-state index is 0.467. The van der Waals surface area contributed by atoms with Crippen LogP contribution in [0.4, 0.5) is 0 Å². The fourth-order valence-electron chi connectivity index (χ4n) is 2.91. The molecule has 94 valence electrons. The lowest BCUT2D eigenvalue weighted by Gasteiger charge is -2.41. The van der Waals surface area contributed by atoms with Crippen LogP contribution in [0.15, 0.2) is 30.3 Å². The Morgan fingerprint density at radius 2 is 1.94 bits per heavy atom. The summed E-state index contributed by atoms with van der Waals surface area (Å²) >= 11 is 0. The van der Waals surface area contributed by atoms with Crippen molar-refractivity contribution in [2.24, 2.45) is 11.8 Å². The zero-order valence-corrected chi connectivity index (χ0v) is 11.1. The minimum Gasteiger partial charge on any atom is -0.373 e. The zero-order chi connectivity index (χ0) is 12.1. The normalized spacial score (nSPS) is 25.3. The molecule has 1 fully saturated rings. The van der Waals surface area contributed by atoms with E-state index in [2.05, 4.69) is 44.2 Å². The summed E-state index contributed by atoms with van der Waals surface area (Å²) in [6.45, 7) is 5.33. The molecule has 1 heteroatoms. The van der Waals surface area contributed by atoms with Crippen molar-refractivity contribution in [3.05, 3.63) is 35.9 Å². The Hall–Kier alpha value is -0.820. The van der Waals surface area contributed by atoms with Gasteiger partial charge in [-0.1, -0.05) is 50.6 Å². The van der Waals surface area contributed by atoms with E-state index in [0.29, 0.717) is 6.10 Å². The third kappa shape index (κ3) is 3.10. The Balaban J connectivity index is 1.84. The highest BCUT2D eigenvalue weighted by atomic mass is 16.5. The maximum Gasteiger partial charge on any atom is 0.0720 e. The lowest BCUT2D eigenvalue weighted by molar-refractivity contribution is -0.0545. The van der Waals surface area contributed by atoms with Gasteiger partial charge < -0.3 is 4.74 Å². The Labute approximate surface area is 105 Å². The summed E-state index contributed by atoms with van der Waals surface area (Å²) in [4.78, 5) is 0. The topological polar surface area (TPSA) is 9.23 Å². The second kappa shape index (κ2) is 6.20. The first-order valence-electron chi connectivity index (χ1n) is 7.00. The standard InChI is InChI=1S/C16H24O/c1-3-14-10-11-15(14)16(4-2)17-12-13-8-6-5-7-9-13/h5-9,14-16H,3-4,10-12H2,1-2H3/t14-,15+,16?/m1/s1. The summed E-state index contributed by atoms with van der Waals surface area (Å²) in [6, 6.07) is 10.5. The van der Waals surface area contributed by atoms with Gasteiger partial charge in [0.05, 0.1) is 12.7 Å². The van der Waals surface area contributed by atoms with E-state index in [9.17, 15) is 0 Å². The van der Waals surface area contributed by atoms with Gasteiger partial charge in [-0.3, -0.25) is 0 Å². The monoisotopic (exact) mass is 232 g/mol. The van der Waals surface area contributed by atoms with Crippen molar-refractivity contribution < 1.29 is 4.74 Å². The third-order valence-corrected chi connectivity index (χ3v) is 4.19. The number of hydrogen-bond donors (Lipinski definition) is 0. The van der Waals surface area contributed by atoms with Crippen LogP contribution < -0.4 is 0 Å². The summed E-state index contributed by atoms with van der Waals surface area (Å²) in [6.07, 6.45) is 5.70. The fourth-order valence-corrected chi connectivity index (χ4v) is 2.91. The molecule has 0 saturated heterocycles. The summed E-state index contributed by atoms with van der Waals surface area (Å²) in [5.41, 5.74) is 1.29. The van der Waals surface area contributed by atoms with Crippen LogP contribution in [-0.4, -0.2) is 6.10 Å². The van der Waals surface area contributed by atoms with Crippen LogP contribution in [0.2, 0.25) is 0 Å². The molecule has 0 spiro atoms. The van der Waals surface area contributed by atoms with Gasteiger partial charge in [-0.2, -0.15) is 0 Å². The van der Waals surface area contributed by atoms with Crippen LogP contribution in [0.5, 0.6) is 0 Å². The van der Waals surface area contributed by atoms with Crippen molar-refractivity contribution in [2.75, 3.05) is 0 Å². The van der Waals surface area contributed by atoms with E-state index in [-0.39, 0.29) is 0 Å². The molecule has 1 aromatic rings. The van der Waals surface area contributed by atoms with Gasteiger partial charge in [0.25, 0.3) is 0 Å². The number of benzene rings is 1. The Bertz CT molecular complexity index is 318. The average molecular weight is 232 g/mol. The highest BCUT2D eigenvalue weighted by Gasteiger charge is 2.35. The molecule has 17 heavy (non-hydrogen) atoms. The molecule has 1 unspecified atom stereocenters. The van der Waals surface area contributed by atoms with Crippen LogP contribution in [0.1, 0.15) is 45.1 Å². The predicted molar refractivity (Wildman–Crippen MR) is 71.8 cm³/mol. The smallest absolute Gasteiger partial charge is 0.0720 e. The molecule has 1 aromatic carbocycles. The van der Waals surface area contributed by atoms with Gasteiger partial charge in [-0.25, -0.2) is 0 Å². The predicted octanol–water partition coefficient (Wildman–Crippen LogP) is 4.42. The highest BCUT2D eigenvalue weighted by molar-refractivity contribution is 5.13. The van der Waals surface area contributed by atoms with Gasteiger partial charge in [-0.05, 0) is 36.7 Å². The van der Waals surface area contributed by atoms with E-state index in [1.807, 2.05) is 0 Å². The maximum absolute atomic E-state index is 6.11. The number of hydrogen-bond acceptors (Lipinski definition) is 1. The van der Waals surface area contributed by atoms with Crippen LogP contribution in [-0.2, 0) is 11.3 Å². The molecule has 1 nitrogen and oxygen atoms in total. The lowest BCUT2D eigenvalue weighted by Crippen LogP contribution is -2.37. The van der Waals surface area contributed by atoms with E-state index in [4.69, 9.17) is 4.74 Å². The number of rotatable bonds is 6. The molecule has 0 aromatic heterocycles. The lowest BCUT2D eigenvalue weighted by atomic mass is 9.69. The Kier molecular flexibility index (Phi) is 4.61. The summed E-state index contributed by atoms with van der Waals surface area (Å²) < 4.78 is 6.11. The molecule has 1 aliphatic carbocycles. The van der Waals surface area contributed by atoms with E-state index in [1.165, 1.54) is 24.8 Å². The molecule has 1 saturated carbocycles. The van der Waals surface area contributed by atoms with Gasteiger partial charge in [0, 0.05) is 0 Å². The molecule has 0 aliphatic heterocycles. The van der Waals surface area contributed by atoms with Gasteiger partial charge >= 0.3 is 0 Å². The van der Waals surface area contributed by atoms with Crippen LogP contribution >= 0.6 is 0 Å². The summed E-state index contributed by atoms with van der Waals surface area (Å²) in [5.74, 6) is 1.73. The van der Waals surface area contributed by atoms with Crippen molar-refractivity contribution in [3.63, 3.8) is 0 Å². The first-order chi connectivity index (χ1) is 8.35. The molecule has 0 heterocycles. The SMILES string of the molecule is CCC(OCc1ccccc1)[C@H]1CC[C@H]1CC. The molecule has 0 amide bonds. The van der Waals surface area contributed by atoms with Crippen molar-refractivity contribution in [1.29, 1.82) is 0 Å². The van der Waals surface area contributed by atoms with E-state index in [1.54, 1.807) is 0 Å². The van der Waals surface area contributed by atoms with E-state index >= 15 is 0 Å². The van der Waals surface area contributed by atoms with Crippen LogP contribution in [0.3, 0.4) is 0 Å². The van der Waals surface area contributed by atoms with Crippen molar-refractivity contribution in [3.8, 4) is 0 Å². The third-order valence-electron chi connectivity index (χ3n) is 4.19. The van der Waals surface area contributed by atoms with Crippen molar-refractivity contribution >= 4 is 0 Å². The molecular formula is C16H24O. The quantitative estimate of drug-likeness (QED) is 0.705. The van der Waals surface area contributed by atoms with Gasteiger partial charge in [0.15, 0.2) is 0 Å². The maximum atomic E-state index is 6.11. The molecule has 1 aliphatic rings. The van der Waals surface area contributed by atoms with Crippen LogP contribution in [0.25, 0.3) is 0 Å². The minimum atomic E-state index is 0.467. The fraction of sp³-hybridized carbons (Fsp3) is 0.625. The first kappa shape index (κ1) is 12.6. The average Bonchev–Trinajstić information content (AvgIpc) is 2.34. The van der Waals surface area contributed by atoms with E-state index in [0.717, 1.165) is 24.9 Å². The molecular weight excluding hydrogens is 208 g/mol. The highest BCUT2D eigenvalue weighted by Crippen LogP contribution is 2.41. The second-order valence-corrected chi connectivity index (χ2v) is 5.15. The van der Waals surface area contributed by atoms with Crippen LogP contribution in [0, 0.1) is 11.8 Å². The molecule has 0 bridgehead atoms. The van der Waals surface area contributed by atoms with E-state index < -0.39 is 0 Å². The first-order valence-corrected chi connectivity index (χ1v) is 7.00. The molecule has 0 N–H and O–H groups in total. The van der Waals surface area contributed by atoms with Gasteiger partial charge in [0.2, 0.25) is 0 Å². The largest absolute Gasteiger partial charge is 0.373 e. The zero-order valence-electron chi connectivity index (χ0n) is 11.1. The Morgan fingerprint density at radius 3 is 2.47 bits per heavy atom. The Morgan fingerprint density at radius 1 is 1.18 bits per heavy atom. The summed E-state index contributed by atoms with van der Waals surface area (Å²) in [7, 11) is 0. The molecule has 0 radical (unpaired) electrons. The van der Waals surface area contributed by atoms with Gasteiger partial charge in [0.1, 0.15) is 0 Å².